The molecule has 0 aromatic heterocycles. The third kappa shape index (κ3) is 5.30. The number of Topliss-reactive ketones (excluding diaryl/α,β-unsaturated/α-hetero) is 1. The van der Waals surface area contributed by atoms with Gasteiger partial charge in [0, 0.05) is 19.0 Å². The molecule has 0 aliphatic heterocycles. The van der Waals surface area contributed by atoms with Crippen molar-refractivity contribution in [3.05, 3.63) is 35.9 Å². The average molecular weight is 247 g/mol. The van der Waals surface area contributed by atoms with Crippen LogP contribution in [0.15, 0.2) is 30.3 Å². The molecule has 0 saturated carbocycles. The molecule has 0 spiro atoms. The fourth-order valence-electron chi connectivity index (χ4n) is 1.34. The van der Waals surface area contributed by atoms with E-state index in [0.717, 1.165) is 11.3 Å². The maximum Gasteiger partial charge on any atom is 0.244 e. The number of amides is 1. The quantitative estimate of drug-likeness (QED) is 0.780. The van der Waals surface area contributed by atoms with Gasteiger partial charge in [-0.15, -0.1) is 0 Å². The number of nitrogens with one attached hydrogen (secondary N) is 1. The fraction of sp³-hybridized carbons (Fsp3) is 0.286. The number of carbonyl (C=O) groups excluding carboxylic acids is 2. The van der Waals surface area contributed by atoms with Crippen LogP contribution in [-0.4, -0.2) is 25.3 Å². The third-order valence-electron chi connectivity index (χ3n) is 2.30. The van der Waals surface area contributed by atoms with E-state index in [4.69, 9.17) is 4.74 Å². The van der Waals surface area contributed by atoms with Gasteiger partial charge in [0.15, 0.2) is 0 Å². The molecule has 0 unspecified atom stereocenters. The molecule has 0 aliphatic carbocycles. The van der Waals surface area contributed by atoms with Crippen molar-refractivity contribution in [1.29, 1.82) is 0 Å². The predicted octanol–water partition coefficient (Wildman–Crippen LogP) is 1.80. The summed E-state index contributed by atoms with van der Waals surface area (Å²) in [5, 5.41) is 2.64. The second kappa shape index (κ2) is 7.27. The summed E-state index contributed by atoms with van der Waals surface area (Å²) in [4.78, 5) is 22.1. The normalized spacial score (nSPS) is 10.3. The molecule has 0 heterocycles. The molecule has 0 aliphatic rings. The highest BCUT2D eigenvalue weighted by Gasteiger charge is 1.97. The highest BCUT2D eigenvalue weighted by molar-refractivity contribution is 5.92. The molecular weight excluding hydrogens is 230 g/mol. The van der Waals surface area contributed by atoms with Gasteiger partial charge in [-0.2, -0.15) is 0 Å². The van der Waals surface area contributed by atoms with Gasteiger partial charge >= 0.3 is 0 Å². The Morgan fingerprint density at radius 2 is 2.17 bits per heavy atom. The predicted molar refractivity (Wildman–Crippen MR) is 70.3 cm³/mol. The Balaban J connectivity index is 2.47. The Hall–Kier alpha value is -2.10. The van der Waals surface area contributed by atoms with E-state index in [1.165, 1.54) is 13.0 Å². The van der Waals surface area contributed by atoms with Gasteiger partial charge in [-0.3, -0.25) is 9.59 Å². The first-order valence-electron chi connectivity index (χ1n) is 5.71. The van der Waals surface area contributed by atoms with Gasteiger partial charge in [0.05, 0.1) is 7.11 Å². The van der Waals surface area contributed by atoms with Crippen molar-refractivity contribution in [3.63, 3.8) is 0 Å². The van der Waals surface area contributed by atoms with Crippen molar-refractivity contribution in [2.24, 2.45) is 0 Å². The standard InChI is InChI=1S/C14H17NO3/c1-11(16)8-9-15-14(17)7-6-12-4-3-5-13(10-12)18-2/h3-7,10H,8-9H2,1-2H3,(H,15,17)/b7-6+. The van der Waals surface area contributed by atoms with Crippen molar-refractivity contribution in [2.45, 2.75) is 13.3 Å². The molecule has 1 N–H and O–H groups in total. The lowest BCUT2D eigenvalue weighted by molar-refractivity contribution is -0.117. The fourth-order valence-corrected chi connectivity index (χ4v) is 1.34. The summed E-state index contributed by atoms with van der Waals surface area (Å²) in [6.07, 6.45) is 3.50. The van der Waals surface area contributed by atoms with Gasteiger partial charge < -0.3 is 10.1 Å². The van der Waals surface area contributed by atoms with Gasteiger partial charge in [0.1, 0.15) is 11.5 Å². The minimum atomic E-state index is -0.209. The molecule has 0 atom stereocenters. The highest BCUT2D eigenvalue weighted by Crippen LogP contribution is 2.13. The van der Waals surface area contributed by atoms with Crippen LogP contribution in [-0.2, 0) is 9.59 Å². The molecule has 1 aromatic carbocycles. The van der Waals surface area contributed by atoms with Gasteiger partial charge in [0.2, 0.25) is 5.91 Å². The summed E-state index contributed by atoms with van der Waals surface area (Å²) in [6, 6.07) is 7.40. The van der Waals surface area contributed by atoms with Gasteiger partial charge in [-0.25, -0.2) is 0 Å². The van der Waals surface area contributed by atoms with Crippen LogP contribution >= 0.6 is 0 Å². The van der Waals surface area contributed by atoms with Crippen molar-refractivity contribution in [1.82, 2.24) is 5.32 Å². The summed E-state index contributed by atoms with van der Waals surface area (Å²) in [7, 11) is 1.59. The van der Waals surface area contributed by atoms with Crippen LogP contribution in [0.2, 0.25) is 0 Å². The zero-order valence-electron chi connectivity index (χ0n) is 10.6. The largest absolute Gasteiger partial charge is 0.497 e. The zero-order chi connectivity index (χ0) is 13.4. The Bertz CT molecular complexity index is 452. The smallest absolute Gasteiger partial charge is 0.244 e. The summed E-state index contributed by atoms with van der Waals surface area (Å²) >= 11 is 0. The second-order valence-electron chi connectivity index (χ2n) is 3.85. The molecule has 0 fully saturated rings. The first-order chi connectivity index (χ1) is 8.61. The number of rotatable bonds is 6. The molecule has 0 saturated heterocycles. The van der Waals surface area contributed by atoms with E-state index in [1.54, 1.807) is 13.2 Å². The van der Waals surface area contributed by atoms with E-state index in [0.29, 0.717) is 13.0 Å². The van der Waals surface area contributed by atoms with Crippen molar-refractivity contribution < 1.29 is 14.3 Å². The lowest BCUT2D eigenvalue weighted by Gasteiger charge is -2.01. The van der Waals surface area contributed by atoms with Gasteiger partial charge in [0.25, 0.3) is 0 Å². The number of ether oxygens (including phenoxy) is 1. The van der Waals surface area contributed by atoms with Crippen molar-refractivity contribution in [2.75, 3.05) is 13.7 Å². The molecule has 0 radical (unpaired) electrons. The highest BCUT2D eigenvalue weighted by atomic mass is 16.5. The molecule has 1 rings (SSSR count). The Morgan fingerprint density at radius 1 is 1.39 bits per heavy atom. The average Bonchev–Trinajstić information content (AvgIpc) is 2.36. The first-order valence-corrected chi connectivity index (χ1v) is 5.71. The first kappa shape index (κ1) is 14.0. The summed E-state index contributed by atoms with van der Waals surface area (Å²) in [6.45, 7) is 1.87. The van der Waals surface area contributed by atoms with Crippen LogP contribution in [0.1, 0.15) is 18.9 Å². The van der Waals surface area contributed by atoms with E-state index in [1.807, 2.05) is 24.3 Å². The molecule has 18 heavy (non-hydrogen) atoms. The van der Waals surface area contributed by atoms with Crippen LogP contribution in [0.3, 0.4) is 0 Å². The monoisotopic (exact) mass is 247 g/mol. The van der Waals surface area contributed by atoms with E-state index in [2.05, 4.69) is 5.32 Å². The summed E-state index contributed by atoms with van der Waals surface area (Å²) < 4.78 is 5.08. The van der Waals surface area contributed by atoms with Crippen LogP contribution in [0.5, 0.6) is 5.75 Å². The zero-order valence-corrected chi connectivity index (χ0v) is 10.6. The number of carbonyl (C=O) groups is 2. The Labute approximate surface area is 107 Å². The van der Waals surface area contributed by atoms with Crippen molar-refractivity contribution in [3.8, 4) is 5.75 Å². The van der Waals surface area contributed by atoms with E-state index in [9.17, 15) is 9.59 Å². The minimum Gasteiger partial charge on any atom is -0.497 e. The molecule has 4 nitrogen and oxygen atoms in total. The second-order valence-corrected chi connectivity index (χ2v) is 3.85. The van der Waals surface area contributed by atoms with E-state index < -0.39 is 0 Å². The molecule has 4 heteroatoms. The third-order valence-corrected chi connectivity index (χ3v) is 2.30. The van der Waals surface area contributed by atoms with Gasteiger partial charge in [-0.05, 0) is 30.7 Å². The van der Waals surface area contributed by atoms with Crippen LogP contribution in [0.4, 0.5) is 0 Å². The number of methoxy groups -OCH3 is 1. The Kier molecular flexibility index (Phi) is 5.64. The van der Waals surface area contributed by atoms with Crippen LogP contribution in [0.25, 0.3) is 6.08 Å². The summed E-state index contributed by atoms with van der Waals surface area (Å²) in [5.74, 6) is 0.597. The Morgan fingerprint density at radius 3 is 2.83 bits per heavy atom. The lowest BCUT2D eigenvalue weighted by atomic mass is 10.2. The number of benzene rings is 1. The van der Waals surface area contributed by atoms with E-state index >= 15 is 0 Å². The number of ketones is 1. The lowest BCUT2D eigenvalue weighted by Crippen LogP contribution is -2.23. The van der Waals surface area contributed by atoms with Gasteiger partial charge in [-0.1, -0.05) is 12.1 Å². The number of hydrogen-bond donors (Lipinski definition) is 1. The maximum atomic E-state index is 11.4. The maximum absolute atomic E-state index is 11.4. The summed E-state index contributed by atoms with van der Waals surface area (Å²) in [5.41, 5.74) is 0.885. The molecule has 1 aromatic rings. The molecule has 0 bridgehead atoms. The van der Waals surface area contributed by atoms with Crippen LogP contribution in [0, 0.1) is 0 Å². The number of hydrogen-bond acceptors (Lipinski definition) is 3. The topological polar surface area (TPSA) is 55.4 Å². The minimum absolute atomic E-state index is 0.0621. The van der Waals surface area contributed by atoms with E-state index in [-0.39, 0.29) is 11.7 Å². The molecular formula is C14H17NO3. The molecule has 1 amide bonds. The van der Waals surface area contributed by atoms with Crippen LogP contribution < -0.4 is 10.1 Å². The SMILES string of the molecule is COc1cccc(/C=C/C(=O)NCCC(C)=O)c1. The van der Waals surface area contributed by atoms with Crippen molar-refractivity contribution >= 4 is 17.8 Å². The molecule has 96 valence electrons.